The highest BCUT2D eigenvalue weighted by Crippen LogP contribution is 1.84. The lowest BCUT2D eigenvalue weighted by Gasteiger charge is -1.78. The van der Waals surface area contributed by atoms with Crippen molar-refractivity contribution in [3.05, 3.63) is 0 Å². The lowest BCUT2D eigenvalue weighted by molar-refractivity contribution is -0.136. The van der Waals surface area contributed by atoms with Gasteiger partial charge in [-0.15, -0.1) is 0 Å². The van der Waals surface area contributed by atoms with Crippen LogP contribution in [0.2, 0.25) is 0 Å². The Kier molecular flexibility index (Phi) is 8.54. The van der Waals surface area contributed by atoms with Crippen LogP contribution >= 0.6 is 15.9 Å². The van der Waals surface area contributed by atoms with E-state index in [0.717, 1.165) is 0 Å². The van der Waals surface area contributed by atoms with E-state index in [9.17, 15) is 4.79 Å². The van der Waals surface area contributed by atoms with Gasteiger partial charge in [0.05, 0.1) is 6.42 Å². The first-order valence-corrected chi connectivity index (χ1v) is 2.67. The van der Waals surface area contributed by atoms with E-state index in [1.807, 2.05) is 0 Å². The van der Waals surface area contributed by atoms with Gasteiger partial charge in [0.1, 0.15) is 0 Å². The second kappa shape index (κ2) is 5.95. The van der Waals surface area contributed by atoms with Gasteiger partial charge in [-0.1, -0.05) is 23.4 Å². The van der Waals surface area contributed by atoms with Crippen molar-refractivity contribution in [1.82, 2.24) is 0 Å². The molecule has 0 amide bonds. The van der Waals surface area contributed by atoms with Crippen LogP contribution in [0.15, 0.2) is 0 Å². The Morgan fingerprint density at radius 2 is 2.14 bits per heavy atom. The molecule has 0 bridgehead atoms. The smallest absolute Gasteiger partial charge is 0.304 e. The molecule has 0 aliphatic rings. The molecule has 0 radical (unpaired) electrons. The van der Waals surface area contributed by atoms with Gasteiger partial charge in [-0.3, -0.25) is 4.79 Å². The molecule has 0 atom stereocenters. The quantitative estimate of drug-likeness (QED) is 0.635. The van der Waals surface area contributed by atoms with Crippen LogP contribution in [0.25, 0.3) is 0 Å². The number of hydrogen-bond acceptors (Lipinski definition) is 1. The first kappa shape index (κ1) is 10.0. The molecule has 0 saturated heterocycles. The van der Waals surface area contributed by atoms with Crippen LogP contribution in [0, 0.1) is 0 Å². The maximum Gasteiger partial charge on any atom is 0.304 e. The van der Waals surface area contributed by atoms with Crippen LogP contribution < -0.4 is 0 Å². The van der Waals surface area contributed by atoms with E-state index in [0.29, 0.717) is 5.33 Å². The summed E-state index contributed by atoms with van der Waals surface area (Å²) >= 11 is 2.97. The molecule has 0 aromatic heterocycles. The molecule has 0 fully saturated rings. The van der Waals surface area contributed by atoms with Gasteiger partial charge >= 0.3 is 5.97 Å². The minimum atomic E-state index is -0.758. The Labute approximate surface area is 51.7 Å². The number of alkyl halides is 1. The van der Waals surface area contributed by atoms with E-state index in [1.54, 1.807) is 0 Å². The van der Waals surface area contributed by atoms with Gasteiger partial charge < -0.3 is 5.11 Å². The van der Waals surface area contributed by atoms with Gasteiger partial charge in [-0.25, -0.2) is 0 Å². The fourth-order valence-corrected chi connectivity index (χ4v) is 0.420. The third-order valence-corrected chi connectivity index (χ3v) is 0.705. The summed E-state index contributed by atoms with van der Waals surface area (Å²) in [6, 6.07) is 0. The fraction of sp³-hybridized carbons (Fsp3) is 0.750. The van der Waals surface area contributed by atoms with Gasteiger partial charge in [0.2, 0.25) is 0 Å². The van der Waals surface area contributed by atoms with Gasteiger partial charge in [0, 0.05) is 5.33 Å². The highest BCUT2D eigenvalue weighted by atomic mass is 79.9. The molecule has 0 spiro atoms. The predicted octanol–water partition coefficient (Wildman–Crippen LogP) is 1.49. The summed E-state index contributed by atoms with van der Waals surface area (Å²) in [4.78, 5) is 9.57. The van der Waals surface area contributed by atoms with E-state index < -0.39 is 5.97 Å². The van der Waals surface area contributed by atoms with Crippen molar-refractivity contribution in [1.29, 1.82) is 0 Å². The third-order valence-electron chi connectivity index (χ3n) is 0.308. The monoisotopic (exact) mass is 168 g/mol. The topological polar surface area (TPSA) is 37.3 Å². The first-order valence-electron chi connectivity index (χ1n) is 1.55. The molecule has 7 heavy (non-hydrogen) atoms. The number of aliphatic carboxylic acids is 1. The number of carbonyl (C=O) groups is 1. The molecule has 1 N–H and O–H groups in total. The standard InChI is InChI=1S/C3H5BrO2.CH4/c4-2-1-3(5)6;/h1-2H2,(H,5,6);1H4. The molecule has 0 aliphatic carbocycles. The van der Waals surface area contributed by atoms with Crippen LogP contribution in [-0.4, -0.2) is 16.4 Å². The molecule has 0 aromatic rings. The molecule has 44 valence electrons. The van der Waals surface area contributed by atoms with Gasteiger partial charge in [0.25, 0.3) is 0 Å². The normalized spacial score (nSPS) is 7.00. The van der Waals surface area contributed by atoms with Crippen molar-refractivity contribution in [3.63, 3.8) is 0 Å². The van der Waals surface area contributed by atoms with E-state index >= 15 is 0 Å². The van der Waals surface area contributed by atoms with Crippen molar-refractivity contribution in [3.8, 4) is 0 Å². The lowest BCUT2D eigenvalue weighted by Crippen LogP contribution is -1.92. The summed E-state index contributed by atoms with van der Waals surface area (Å²) in [6.07, 6.45) is 0.208. The summed E-state index contributed by atoms with van der Waals surface area (Å²) in [5.74, 6) is -0.758. The third kappa shape index (κ3) is 10.7. The number of hydrogen-bond donors (Lipinski definition) is 1. The second-order valence-corrected chi connectivity index (χ2v) is 1.63. The highest BCUT2D eigenvalue weighted by Gasteiger charge is 1.88. The van der Waals surface area contributed by atoms with Gasteiger partial charge in [-0.05, 0) is 0 Å². The summed E-state index contributed by atoms with van der Waals surface area (Å²) in [7, 11) is 0. The summed E-state index contributed by atoms with van der Waals surface area (Å²) < 4.78 is 0. The van der Waals surface area contributed by atoms with E-state index in [4.69, 9.17) is 5.11 Å². The van der Waals surface area contributed by atoms with Gasteiger partial charge in [0.15, 0.2) is 0 Å². The van der Waals surface area contributed by atoms with Crippen molar-refractivity contribution in [2.45, 2.75) is 13.8 Å². The average Bonchev–Trinajstić information content (AvgIpc) is 1.35. The Balaban J connectivity index is 0. The predicted molar refractivity (Wildman–Crippen MR) is 32.8 cm³/mol. The molecular weight excluding hydrogens is 160 g/mol. The minimum Gasteiger partial charge on any atom is -0.481 e. The largest absolute Gasteiger partial charge is 0.481 e. The van der Waals surface area contributed by atoms with Crippen LogP contribution in [0.1, 0.15) is 13.8 Å². The number of rotatable bonds is 2. The first-order chi connectivity index (χ1) is 2.77. The zero-order valence-corrected chi connectivity index (χ0v) is 4.73. The molecule has 0 saturated carbocycles. The zero-order valence-electron chi connectivity index (χ0n) is 3.15. The molecule has 2 nitrogen and oxygen atoms in total. The van der Waals surface area contributed by atoms with E-state index in [-0.39, 0.29) is 13.8 Å². The molecule has 0 heterocycles. The molecule has 0 rings (SSSR count). The average molecular weight is 169 g/mol. The Bertz CT molecular complexity index is 53.7. The molecule has 0 unspecified atom stereocenters. The van der Waals surface area contributed by atoms with Crippen LogP contribution in [-0.2, 0) is 4.79 Å². The summed E-state index contributed by atoms with van der Waals surface area (Å²) in [5, 5.41) is 8.43. The van der Waals surface area contributed by atoms with Crippen LogP contribution in [0.3, 0.4) is 0 Å². The van der Waals surface area contributed by atoms with Gasteiger partial charge in [-0.2, -0.15) is 0 Å². The van der Waals surface area contributed by atoms with Crippen LogP contribution in [0.4, 0.5) is 0 Å². The molecule has 0 aliphatic heterocycles. The Hall–Kier alpha value is -0.0500. The van der Waals surface area contributed by atoms with Crippen LogP contribution in [0.5, 0.6) is 0 Å². The van der Waals surface area contributed by atoms with Crippen molar-refractivity contribution >= 4 is 21.9 Å². The Morgan fingerprint density at radius 3 is 2.14 bits per heavy atom. The molecule has 0 aromatic carbocycles. The highest BCUT2D eigenvalue weighted by molar-refractivity contribution is 9.09. The van der Waals surface area contributed by atoms with Crippen molar-refractivity contribution in [2.75, 3.05) is 5.33 Å². The summed E-state index contributed by atoms with van der Waals surface area (Å²) in [5.41, 5.74) is 0. The number of carboxylic acid groups (broad SMARTS) is 1. The van der Waals surface area contributed by atoms with E-state index in [2.05, 4.69) is 15.9 Å². The number of carboxylic acids is 1. The zero-order chi connectivity index (χ0) is 4.99. The molecule has 3 heteroatoms. The minimum absolute atomic E-state index is 0. The lowest BCUT2D eigenvalue weighted by atomic mass is 10.5. The van der Waals surface area contributed by atoms with Crippen molar-refractivity contribution < 1.29 is 9.90 Å². The maximum atomic E-state index is 9.57. The fourth-order valence-electron chi connectivity index (χ4n) is 0.0808. The second-order valence-electron chi connectivity index (χ2n) is 0.833. The summed E-state index contributed by atoms with van der Waals surface area (Å²) in [6.45, 7) is 0. The van der Waals surface area contributed by atoms with E-state index in [1.165, 1.54) is 0 Å². The number of halogens is 1. The SMILES string of the molecule is C.O=C(O)CCBr. The Morgan fingerprint density at radius 1 is 1.71 bits per heavy atom. The van der Waals surface area contributed by atoms with Crippen molar-refractivity contribution in [2.24, 2.45) is 0 Å². The molecular formula is C4H9BrO2. The maximum absolute atomic E-state index is 9.57.